The summed E-state index contributed by atoms with van der Waals surface area (Å²) in [5.41, 5.74) is 2.25. The second-order valence-corrected chi connectivity index (χ2v) is 9.60. The third kappa shape index (κ3) is 3.92. The van der Waals surface area contributed by atoms with Gasteiger partial charge >= 0.3 is 0 Å². The number of benzene rings is 1. The van der Waals surface area contributed by atoms with Crippen molar-refractivity contribution >= 4 is 32.5 Å². The van der Waals surface area contributed by atoms with Crippen molar-refractivity contribution in [3.05, 3.63) is 47.8 Å². The Morgan fingerprint density at radius 1 is 1.34 bits per heavy atom. The number of hydrogen-bond donors (Lipinski definition) is 1. The van der Waals surface area contributed by atoms with Crippen molar-refractivity contribution in [3.8, 4) is 0 Å². The highest BCUT2D eigenvalue weighted by molar-refractivity contribution is 7.91. The number of amides is 1. The van der Waals surface area contributed by atoms with E-state index in [9.17, 15) is 13.2 Å². The van der Waals surface area contributed by atoms with Crippen LogP contribution in [-0.4, -0.2) is 53.9 Å². The molecule has 1 N–H and O–H groups in total. The zero-order valence-electron chi connectivity index (χ0n) is 16.5. The lowest BCUT2D eigenvalue weighted by molar-refractivity contribution is 0.102. The summed E-state index contributed by atoms with van der Waals surface area (Å²) in [6.45, 7) is 3.11. The number of aryl methyl sites for hydroxylation is 1. The molecule has 0 spiro atoms. The van der Waals surface area contributed by atoms with E-state index in [-0.39, 0.29) is 23.5 Å². The Hall–Kier alpha value is -2.65. The van der Waals surface area contributed by atoms with Crippen LogP contribution in [0.25, 0.3) is 10.9 Å². The van der Waals surface area contributed by atoms with Crippen LogP contribution in [0.15, 0.2) is 36.5 Å². The average Bonchev–Trinajstić information content (AvgIpc) is 3.36. The summed E-state index contributed by atoms with van der Waals surface area (Å²) in [5.74, 6) is 0.472. The van der Waals surface area contributed by atoms with Crippen molar-refractivity contribution < 1.29 is 17.9 Å². The van der Waals surface area contributed by atoms with E-state index in [2.05, 4.69) is 10.4 Å². The third-order valence-corrected chi connectivity index (χ3v) is 7.00. The number of fused-ring (bicyclic) bond motifs is 1. The molecule has 1 fully saturated rings. The normalized spacial score (nSPS) is 18.3. The Balaban J connectivity index is 1.62. The first-order valence-electron chi connectivity index (χ1n) is 9.53. The number of methoxy groups -OCH3 is 1. The van der Waals surface area contributed by atoms with Gasteiger partial charge in [0.15, 0.2) is 9.84 Å². The van der Waals surface area contributed by atoms with Gasteiger partial charge in [0.1, 0.15) is 5.82 Å². The highest BCUT2D eigenvalue weighted by atomic mass is 32.2. The van der Waals surface area contributed by atoms with E-state index in [0.29, 0.717) is 31.0 Å². The van der Waals surface area contributed by atoms with E-state index in [1.54, 1.807) is 23.9 Å². The standard InChI is InChI=1S/C20H24N4O4S/c1-14-12-19(24(22-14)15-7-11-29(26,27)13-15)21-20(25)17-4-3-5-18-16(17)6-8-23(18)9-10-28-2/h3-6,8,12,15H,7,9-11,13H2,1-2H3,(H,21,25)/t15-/m1/s1. The molecule has 1 aliphatic rings. The van der Waals surface area contributed by atoms with E-state index in [0.717, 1.165) is 16.6 Å². The van der Waals surface area contributed by atoms with Gasteiger partial charge in [-0.25, -0.2) is 13.1 Å². The summed E-state index contributed by atoms with van der Waals surface area (Å²) < 4.78 is 32.6. The number of carbonyl (C=O) groups is 1. The van der Waals surface area contributed by atoms with Crippen LogP contribution in [0.3, 0.4) is 0 Å². The first-order chi connectivity index (χ1) is 13.9. The molecule has 1 aliphatic heterocycles. The zero-order chi connectivity index (χ0) is 20.6. The van der Waals surface area contributed by atoms with Gasteiger partial charge in [-0.1, -0.05) is 6.07 Å². The maximum atomic E-state index is 13.1. The van der Waals surface area contributed by atoms with Gasteiger partial charge in [-0.05, 0) is 31.5 Å². The van der Waals surface area contributed by atoms with Crippen molar-refractivity contribution in [2.24, 2.45) is 0 Å². The molecule has 29 heavy (non-hydrogen) atoms. The summed E-state index contributed by atoms with van der Waals surface area (Å²) in [6.07, 6.45) is 2.45. The van der Waals surface area contributed by atoms with Crippen molar-refractivity contribution in [2.45, 2.75) is 25.9 Å². The fraction of sp³-hybridized carbons (Fsp3) is 0.400. The molecule has 0 radical (unpaired) electrons. The predicted octanol–water partition coefficient (Wildman–Crippen LogP) is 2.40. The van der Waals surface area contributed by atoms with Gasteiger partial charge in [-0.15, -0.1) is 0 Å². The molecule has 8 nitrogen and oxygen atoms in total. The van der Waals surface area contributed by atoms with Crippen LogP contribution in [0.4, 0.5) is 5.82 Å². The Morgan fingerprint density at radius 2 is 2.17 bits per heavy atom. The summed E-state index contributed by atoms with van der Waals surface area (Å²) in [6, 6.07) is 9.05. The molecular formula is C20H24N4O4S. The number of carbonyl (C=O) groups excluding carboxylic acids is 1. The van der Waals surface area contributed by atoms with Gasteiger partial charge in [-0.3, -0.25) is 4.79 Å². The average molecular weight is 417 g/mol. The number of sulfone groups is 1. The number of rotatable bonds is 6. The van der Waals surface area contributed by atoms with Crippen molar-refractivity contribution in [1.29, 1.82) is 0 Å². The van der Waals surface area contributed by atoms with E-state index >= 15 is 0 Å². The second-order valence-electron chi connectivity index (χ2n) is 7.37. The minimum Gasteiger partial charge on any atom is -0.383 e. The first kappa shape index (κ1) is 19.7. The summed E-state index contributed by atoms with van der Waals surface area (Å²) in [7, 11) is -1.39. The lowest BCUT2D eigenvalue weighted by Gasteiger charge is -2.14. The molecule has 3 aromatic rings. The lowest BCUT2D eigenvalue weighted by atomic mass is 10.1. The Labute approximate surface area is 169 Å². The molecule has 1 saturated heterocycles. The van der Waals surface area contributed by atoms with Crippen LogP contribution in [0.5, 0.6) is 0 Å². The number of nitrogens with zero attached hydrogens (tertiary/aromatic N) is 3. The molecule has 0 bridgehead atoms. The van der Waals surface area contributed by atoms with E-state index in [1.165, 1.54) is 0 Å². The fourth-order valence-corrected chi connectivity index (χ4v) is 5.54. The van der Waals surface area contributed by atoms with E-state index < -0.39 is 9.84 Å². The molecule has 0 unspecified atom stereocenters. The molecule has 154 valence electrons. The van der Waals surface area contributed by atoms with Crippen LogP contribution in [-0.2, 0) is 21.1 Å². The monoisotopic (exact) mass is 416 g/mol. The van der Waals surface area contributed by atoms with Gasteiger partial charge in [0, 0.05) is 42.4 Å². The van der Waals surface area contributed by atoms with Gasteiger partial charge in [0.25, 0.3) is 5.91 Å². The Bertz CT molecular complexity index is 1160. The van der Waals surface area contributed by atoms with E-state index in [1.807, 2.05) is 35.9 Å². The smallest absolute Gasteiger partial charge is 0.257 e. The van der Waals surface area contributed by atoms with Gasteiger partial charge in [-0.2, -0.15) is 5.10 Å². The summed E-state index contributed by atoms with van der Waals surface area (Å²) in [4.78, 5) is 13.1. The molecule has 3 heterocycles. The third-order valence-electron chi connectivity index (χ3n) is 5.25. The van der Waals surface area contributed by atoms with Crippen molar-refractivity contribution in [2.75, 3.05) is 30.5 Å². The van der Waals surface area contributed by atoms with Gasteiger partial charge in [0.2, 0.25) is 0 Å². The van der Waals surface area contributed by atoms with Gasteiger partial charge < -0.3 is 14.6 Å². The maximum Gasteiger partial charge on any atom is 0.257 e. The molecule has 0 aliphatic carbocycles. The molecule has 1 atom stereocenters. The number of hydrogen-bond acceptors (Lipinski definition) is 5. The Morgan fingerprint density at radius 3 is 2.90 bits per heavy atom. The topological polar surface area (TPSA) is 95.2 Å². The summed E-state index contributed by atoms with van der Waals surface area (Å²) in [5, 5.41) is 8.21. The molecule has 4 rings (SSSR count). The molecule has 0 saturated carbocycles. The lowest BCUT2D eigenvalue weighted by Crippen LogP contribution is -2.19. The molecule has 9 heteroatoms. The maximum absolute atomic E-state index is 13.1. The summed E-state index contributed by atoms with van der Waals surface area (Å²) >= 11 is 0. The number of anilines is 1. The predicted molar refractivity (Wildman–Crippen MR) is 111 cm³/mol. The van der Waals surface area contributed by atoms with Crippen LogP contribution in [0.2, 0.25) is 0 Å². The molecular weight excluding hydrogens is 392 g/mol. The van der Waals surface area contributed by atoms with Crippen molar-refractivity contribution in [3.63, 3.8) is 0 Å². The van der Waals surface area contributed by atoms with Gasteiger partial charge in [0.05, 0.1) is 29.8 Å². The Kier molecular flexibility index (Phi) is 5.18. The SMILES string of the molecule is COCCn1ccc2c(C(=O)Nc3cc(C)nn3[C@@H]3CCS(=O)(=O)C3)cccc21. The quantitative estimate of drug-likeness (QED) is 0.666. The minimum absolute atomic E-state index is 0.0505. The largest absolute Gasteiger partial charge is 0.383 e. The fourth-order valence-electron chi connectivity index (χ4n) is 3.85. The number of ether oxygens (including phenoxy) is 1. The van der Waals surface area contributed by atoms with Crippen LogP contribution < -0.4 is 5.32 Å². The van der Waals surface area contributed by atoms with Crippen LogP contribution in [0, 0.1) is 6.92 Å². The highest BCUT2D eigenvalue weighted by Crippen LogP contribution is 2.28. The molecule has 1 amide bonds. The highest BCUT2D eigenvalue weighted by Gasteiger charge is 2.31. The molecule has 1 aromatic carbocycles. The van der Waals surface area contributed by atoms with Crippen LogP contribution in [0.1, 0.15) is 28.5 Å². The minimum atomic E-state index is -3.05. The second kappa shape index (κ2) is 7.64. The molecule has 2 aromatic heterocycles. The number of aromatic nitrogens is 3. The first-order valence-corrected chi connectivity index (χ1v) is 11.3. The zero-order valence-corrected chi connectivity index (χ0v) is 17.3. The van der Waals surface area contributed by atoms with Crippen LogP contribution >= 0.6 is 0 Å². The van der Waals surface area contributed by atoms with E-state index in [4.69, 9.17) is 4.74 Å². The van der Waals surface area contributed by atoms with Crippen molar-refractivity contribution in [1.82, 2.24) is 14.3 Å². The number of nitrogens with one attached hydrogen (secondary N) is 1.